The Morgan fingerprint density at radius 3 is 2.82 bits per heavy atom. The Morgan fingerprint density at radius 2 is 2.29 bits per heavy atom. The van der Waals surface area contributed by atoms with Crippen LogP contribution in [0.1, 0.15) is 13.3 Å². The van der Waals surface area contributed by atoms with Crippen molar-refractivity contribution >= 4 is 17.9 Å². The van der Waals surface area contributed by atoms with E-state index in [-0.39, 0.29) is 5.69 Å². The van der Waals surface area contributed by atoms with E-state index in [9.17, 15) is 13.6 Å². The number of carboxylic acids is 1. The highest BCUT2D eigenvalue weighted by Crippen LogP contribution is 2.14. The molecule has 0 bridgehead atoms. The molecule has 4 nitrogen and oxygen atoms in total. The first-order valence-corrected chi connectivity index (χ1v) is 5.01. The van der Waals surface area contributed by atoms with E-state index in [2.05, 4.69) is 10.5 Å². The van der Waals surface area contributed by atoms with Crippen molar-refractivity contribution in [3.8, 4) is 0 Å². The van der Waals surface area contributed by atoms with E-state index in [1.807, 2.05) is 0 Å². The smallest absolute Gasteiger partial charge is 0.312 e. The van der Waals surface area contributed by atoms with Gasteiger partial charge in [-0.25, -0.2) is 8.78 Å². The maximum absolute atomic E-state index is 13.1. The molecule has 0 spiro atoms. The van der Waals surface area contributed by atoms with Crippen LogP contribution < -0.4 is 5.43 Å². The Balaban J connectivity index is 2.66. The van der Waals surface area contributed by atoms with Crippen LogP contribution in [0, 0.1) is 17.6 Å². The number of nitrogens with one attached hydrogen (secondary N) is 1. The van der Waals surface area contributed by atoms with E-state index in [1.165, 1.54) is 12.3 Å². The molecule has 1 unspecified atom stereocenters. The molecule has 92 valence electrons. The topological polar surface area (TPSA) is 61.7 Å². The monoisotopic (exact) mass is 242 g/mol. The number of rotatable bonds is 5. The summed E-state index contributed by atoms with van der Waals surface area (Å²) in [5.41, 5.74) is 2.31. The van der Waals surface area contributed by atoms with Crippen molar-refractivity contribution in [3.05, 3.63) is 29.8 Å². The van der Waals surface area contributed by atoms with Gasteiger partial charge in [0.15, 0.2) is 5.82 Å². The van der Waals surface area contributed by atoms with Crippen molar-refractivity contribution in [1.82, 2.24) is 0 Å². The van der Waals surface area contributed by atoms with Gasteiger partial charge in [0.05, 0.1) is 11.6 Å². The Hall–Kier alpha value is -1.98. The van der Waals surface area contributed by atoms with Crippen LogP contribution in [-0.2, 0) is 4.79 Å². The van der Waals surface area contributed by atoms with Gasteiger partial charge in [0.2, 0.25) is 0 Å². The number of hydrogen-bond donors (Lipinski definition) is 2. The van der Waals surface area contributed by atoms with Crippen LogP contribution in [0.5, 0.6) is 0 Å². The number of carbonyl (C=O) groups is 1. The number of carboxylic acid groups (broad SMARTS) is 1. The van der Waals surface area contributed by atoms with Gasteiger partial charge in [0.25, 0.3) is 0 Å². The van der Waals surface area contributed by atoms with Crippen LogP contribution in [-0.4, -0.2) is 17.3 Å². The van der Waals surface area contributed by atoms with Crippen LogP contribution in [0.2, 0.25) is 0 Å². The Morgan fingerprint density at radius 1 is 1.59 bits per heavy atom. The van der Waals surface area contributed by atoms with Crippen molar-refractivity contribution in [1.29, 1.82) is 0 Å². The van der Waals surface area contributed by atoms with Gasteiger partial charge in [-0.2, -0.15) is 5.10 Å². The fourth-order valence-electron chi connectivity index (χ4n) is 1.12. The second kappa shape index (κ2) is 5.93. The maximum atomic E-state index is 13.1. The SMILES string of the molecule is CCC(C=NNc1ccc(F)cc1F)C(=O)O. The summed E-state index contributed by atoms with van der Waals surface area (Å²) in [7, 11) is 0. The standard InChI is InChI=1S/C11H12F2N2O2/c1-2-7(11(16)17)6-14-15-10-4-3-8(12)5-9(10)13/h3-7,15H,2H2,1H3,(H,16,17). The summed E-state index contributed by atoms with van der Waals surface area (Å²) in [6.07, 6.45) is 1.55. The highest BCUT2D eigenvalue weighted by atomic mass is 19.1. The molecule has 0 aliphatic heterocycles. The van der Waals surface area contributed by atoms with E-state index in [1.54, 1.807) is 6.92 Å². The number of anilines is 1. The highest BCUT2D eigenvalue weighted by Gasteiger charge is 2.11. The van der Waals surface area contributed by atoms with Gasteiger partial charge in [0, 0.05) is 12.3 Å². The molecule has 0 amide bonds. The fourth-order valence-corrected chi connectivity index (χ4v) is 1.12. The van der Waals surface area contributed by atoms with Crippen molar-refractivity contribution in [2.24, 2.45) is 11.0 Å². The van der Waals surface area contributed by atoms with Gasteiger partial charge >= 0.3 is 5.97 Å². The van der Waals surface area contributed by atoms with Crippen molar-refractivity contribution in [2.45, 2.75) is 13.3 Å². The van der Waals surface area contributed by atoms with E-state index in [4.69, 9.17) is 5.11 Å². The van der Waals surface area contributed by atoms with Crippen LogP contribution in [0.15, 0.2) is 23.3 Å². The molecular weight excluding hydrogens is 230 g/mol. The van der Waals surface area contributed by atoms with Crippen LogP contribution in [0.3, 0.4) is 0 Å². The lowest BCUT2D eigenvalue weighted by Gasteiger charge is -2.04. The van der Waals surface area contributed by atoms with E-state index in [0.717, 1.165) is 6.07 Å². The summed E-state index contributed by atoms with van der Waals surface area (Å²) in [6, 6.07) is 2.98. The Bertz CT molecular complexity index is 435. The zero-order valence-electron chi connectivity index (χ0n) is 9.15. The molecule has 1 atom stereocenters. The predicted octanol–water partition coefficient (Wildman–Crippen LogP) is 2.47. The van der Waals surface area contributed by atoms with Crippen molar-refractivity contribution < 1.29 is 18.7 Å². The molecule has 0 radical (unpaired) electrons. The van der Waals surface area contributed by atoms with Crippen molar-refractivity contribution in [2.75, 3.05) is 5.43 Å². The van der Waals surface area contributed by atoms with Crippen LogP contribution in [0.4, 0.5) is 14.5 Å². The third-order valence-corrected chi connectivity index (χ3v) is 2.13. The summed E-state index contributed by atoms with van der Waals surface area (Å²) >= 11 is 0. The molecule has 1 aromatic carbocycles. The number of benzene rings is 1. The van der Waals surface area contributed by atoms with Gasteiger partial charge in [-0.05, 0) is 18.6 Å². The molecule has 1 aromatic rings. The molecule has 0 aliphatic carbocycles. The molecule has 0 heterocycles. The van der Waals surface area contributed by atoms with Gasteiger partial charge < -0.3 is 5.11 Å². The van der Waals surface area contributed by atoms with Crippen LogP contribution in [0.25, 0.3) is 0 Å². The highest BCUT2D eigenvalue weighted by molar-refractivity contribution is 5.88. The average molecular weight is 242 g/mol. The zero-order valence-corrected chi connectivity index (χ0v) is 9.15. The Kier molecular flexibility index (Phi) is 4.56. The summed E-state index contributed by atoms with van der Waals surface area (Å²) < 4.78 is 25.7. The number of aliphatic carboxylic acids is 1. The molecule has 0 saturated carbocycles. The summed E-state index contributed by atoms with van der Waals surface area (Å²) in [5, 5.41) is 12.3. The quantitative estimate of drug-likeness (QED) is 0.616. The van der Waals surface area contributed by atoms with Gasteiger partial charge in [-0.15, -0.1) is 0 Å². The minimum absolute atomic E-state index is 0.0112. The summed E-state index contributed by atoms with van der Waals surface area (Å²) in [5.74, 6) is -3.21. The number of hydrogen-bond acceptors (Lipinski definition) is 3. The first kappa shape index (κ1) is 13.1. The Labute approximate surface area is 97.0 Å². The lowest BCUT2D eigenvalue weighted by molar-refractivity contribution is -0.139. The lowest BCUT2D eigenvalue weighted by atomic mass is 10.1. The minimum atomic E-state index is -1.00. The lowest BCUT2D eigenvalue weighted by Crippen LogP contribution is -2.14. The molecule has 0 fully saturated rings. The second-order valence-corrected chi connectivity index (χ2v) is 3.37. The van der Waals surface area contributed by atoms with E-state index >= 15 is 0 Å². The normalized spacial score (nSPS) is 12.6. The summed E-state index contributed by atoms with van der Waals surface area (Å²) in [4.78, 5) is 10.6. The predicted molar refractivity (Wildman–Crippen MR) is 59.9 cm³/mol. The first-order valence-electron chi connectivity index (χ1n) is 5.01. The third-order valence-electron chi connectivity index (χ3n) is 2.13. The van der Waals surface area contributed by atoms with E-state index < -0.39 is 23.5 Å². The molecule has 1 rings (SSSR count). The molecular formula is C11H12F2N2O2. The fraction of sp³-hybridized carbons (Fsp3) is 0.273. The molecule has 0 aliphatic rings. The first-order chi connectivity index (χ1) is 8.04. The van der Waals surface area contributed by atoms with Gasteiger partial charge in [-0.3, -0.25) is 10.2 Å². The number of halogens is 2. The molecule has 0 saturated heterocycles. The minimum Gasteiger partial charge on any atom is -0.481 e. The maximum Gasteiger partial charge on any atom is 0.312 e. The third kappa shape index (κ3) is 3.82. The number of nitrogens with zero attached hydrogens (tertiary/aromatic N) is 1. The second-order valence-electron chi connectivity index (χ2n) is 3.37. The van der Waals surface area contributed by atoms with E-state index in [0.29, 0.717) is 12.5 Å². The average Bonchev–Trinajstić information content (AvgIpc) is 2.26. The molecule has 6 heteroatoms. The molecule has 0 aromatic heterocycles. The zero-order chi connectivity index (χ0) is 12.8. The van der Waals surface area contributed by atoms with Crippen molar-refractivity contribution in [3.63, 3.8) is 0 Å². The summed E-state index contributed by atoms with van der Waals surface area (Å²) in [6.45, 7) is 1.70. The molecule has 2 N–H and O–H groups in total. The van der Waals surface area contributed by atoms with Crippen LogP contribution >= 0.6 is 0 Å². The van der Waals surface area contributed by atoms with Gasteiger partial charge in [-0.1, -0.05) is 6.92 Å². The largest absolute Gasteiger partial charge is 0.481 e. The molecule has 17 heavy (non-hydrogen) atoms. The van der Waals surface area contributed by atoms with Gasteiger partial charge in [0.1, 0.15) is 5.82 Å². The number of hydrazone groups is 1.